The molecule has 0 saturated heterocycles. The van der Waals surface area contributed by atoms with Crippen molar-refractivity contribution in [1.29, 1.82) is 0 Å². The van der Waals surface area contributed by atoms with E-state index in [-0.39, 0.29) is 0 Å². The summed E-state index contributed by atoms with van der Waals surface area (Å²) in [4.78, 5) is 0. The maximum absolute atomic E-state index is 12.0. The van der Waals surface area contributed by atoms with Gasteiger partial charge < -0.3 is 0 Å². The first-order chi connectivity index (χ1) is 7.20. The summed E-state index contributed by atoms with van der Waals surface area (Å²) in [5.74, 6) is 0. The van der Waals surface area contributed by atoms with Crippen LogP contribution in [0.3, 0.4) is 0 Å². The quantitative estimate of drug-likeness (QED) is 0.669. The predicted octanol–water partition coefficient (Wildman–Crippen LogP) is 4.00. The van der Waals surface area contributed by atoms with Crippen molar-refractivity contribution in [3.05, 3.63) is 35.9 Å². The molecule has 1 heteroatoms. The molecule has 83 valence electrons. The molecule has 1 aromatic carbocycles. The molecule has 0 atom stereocenters. The summed E-state index contributed by atoms with van der Waals surface area (Å²) in [7, 11) is 0. The molecule has 0 bridgehead atoms. The Hall–Kier alpha value is -0.820. The highest BCUT2D eigenvalue weighted by Crippen LogP contribution is 2.22. The molecule has 0 amide bonds. The zero-order valence-corrected chi connectivity index (χ0v) is 9.83. The monoisotopic (exact) mass is 205 g/mol. The van der Waals surface area contributed by atoms with Gasteiger partial charge in [0.15, 0.2) is 0 Å². The summed E-state index contributed by atoms with van der Waals surface area (Å²) in [5.41, 5.74) is 0.654. The third-order valence-corrected chi connectivity index (χ3v) is 3.23. The molecule has 15 heavy (non-hydrogen) atoms. The van der Waals surface area contributed by atoms with Crippen LogP contribution in [-0.4, -0.2) is 5.60 Å². The first kappa shape index (κ1) is 12.3. The number of rotatable bonds is 6. The van der Waals surface area contributed by atoms with Crippen molar-refractivity contribution < 1.29 is 5.11 Å². The van der Waals surface area contributed by atoms with E-state index in [1.54, 1.807) is 0 Å². The number of benzene rings is 1. The SMILES string of the molecule is CCC([O])(CC)CCCc1ccccc1. The van der Waals surface area contributed by atoms with Gasteiger partial charge in [-0.25, -0.2) is 5.11 Å². The molecule has 0 aliphatic heterocycles. The van der Waals surface area contributed by atoms with E-state index in [1.165, 1.54) is 5.56 Å². The van der Waals surface area contributed by atoms with E-state index in [0.717, 1.165) is 32.1 Å². The Kier molecular flexibility index (Phi) is 4.83. The smallest absolute Gasteiger partial charge is 0.103 e. The Bertz CT molecular complexity index is 262. The molecule has 0 aromatic heterocycles. The Balaban J connectivity index is 2.33. The Morgan fingerprint density at radius 2 is 1.67 bits per heavy atom. The van der Waals surface area contributed by atoms with Gasteiger partial charge in [-0.05, 0) is 37.7 Å². The number of hydrogen-bond acceptors (Lipinski definition) is 0. The van der Waals surface area contributed by atoms with E-state index in [9.17, 15) is 5.11 Å². The van der Waals surface area contributed by atoms with Gasteiger partial charge in [-0.15, -0.1) is 0 Å². The van der Waals surface area contributed by atoms with Crippen molar-refractivity contribution in [2.24, 2.45) is 0 Å². The molecule has 0 saturated carbocycles. The standard InChI is InChI=1S/C14H21O/c1-3-14(15,4-2)12-8-11-13-9-6-5-7-10-13/h5-7,9-10H,3-4,8,11-12H2,1-2H3. The second-order valence-corrected chi connectivity index (χ2v) is 4.23. The molecule has 0 N–H and O–H groups in total. The predicted molar refractivity (Wildman–Crippen MR) is 63.4 cm³/mol. The first-order valence-electron chi connectivity index (χ1n) is 5.94. The van der Waals surface area contributed by atoms with Gasteiger partial charge in [-0.3, -0.25) is 0 Å². The van der Waals surface area contributed by atoms with E-state index in [1.807, 2.05) is 19.9 Å². The van der Waals surface area contributed by atoms with Crippen LogP contribution in [0.25, 0.3) is 0 Å². The van der Waals surface area contributed by atoms with Crippen LogP contribution in [0, 0.1) is 0 Å². The van der Waals surface area contributed by atoms with E-state index in [0.29, 0.717) is 0 Å². The van der Waals surface area contributed by atoms with Gasteiger partial charge in [0.1, 0.15) is 5.60 Å². The first-order valence-corrected chi connectivity index (χ1v) is 5.94. The van der Waals surface area contributed by atoms with Gasteiger partial charge in [-0.2, -0.15) is 0 Å². The van der Waals surface area contributed by atoms with Crippen LogP contribution in [-0.2, 0) is 11.5 Å². The molecule has 0 spiro atoms. The van der Waals surface area contributed by atoms with Crippen LogP contribution >= 0.6 is 0 Å². The van der Waals surface area contributed by atoms with Crippen molar-refractivity contribution in [1.82, 2.24) is 0 Å². The van der Waals surface area contributed by atoms with Crippen LogP contribution in [0.1, 0.15) is 45.1 Å². The highest BCUT2D eigenvalue weighted by Gasteiger charge is 2.23. The van der Waals surface area contributed by atoms with E-state index >= 15 is 0 Å². The van der Waals surface area contributed by atoms with Crippen molar-refractivity contribution in [3.63, 3.8) is 0 Å². The highest BCUT2D eigenvalue weighted by molar-refractivity contribution is 5.14. The molecule has 0 aliphatic rings. The van der Waals surface area contributed by atoms with Crippen molar-refractivity contribution in [2.45, 2.75) is 51.6 Å². The molecule has 1 rings (SSSR count). The lowest BCUT2D eigenvalue weighted by Crippen LogP contribution is -2.24. The number of hydrogen-bond donors (Lipinski definition) is 0. The van der Waals surface area contributed by atoms with Crippen LogP contribution in [0.15, 0.2) is 30.3 Å². The molecule has 0 heterocycles. The third-order valence-electron chi connectivity index (χ3n) is 3.23. The minimum Gasteiger partial charge on any atom is -0.230 e. The van der Waals surface area contributed by atoms with Crippen LogP contribution in [0.2, 0.25) is 0 Å². The van der Waals surface area contributed by atoms with Gasteiger partial charge >= 0.3 is 0 Å². The molecule has 0 aliphatic carbocycles. The second kappa shape index (κ2) is 5.92. The summed E-state index contributed by atoms with van der Waals surface area (Å²) in [6, 6.07) is 10.4. The molecule has 1 nitrogen and oxygen atoms in total. The van der Waals surface area contributed by atoms with Gasteiger partial charge in [0.2, 0.25) is 0 Å². The Labute approximate surface area is 93.1 Å². The fourth-order valence-electron chi connectivity index (χ4n) is 1.86. The van der Waals surface area contributed by atoms with Crippen LogP contribution in [0.4, 0.5) is 0 Å². The minimum absolute atomic E-state index is 0.686. The van der Waals surface area contributed by atoms with Gasteiger partial charge in [0.25, 0.3) is 0 Å². The topological polar surface area (TPSA) is 19.9 Å². The van der Waals surface area contributed by atoms with Crippen molar-refractivity contribution >= 4 is 0 Å². The highest BCUT2D eigenvalue weighted by atomic mass is 16.3. The molecule has 1 radical (unpaired) electrons. The average molecular weight is 205 g/mol. The van der Waals surface area contributed by atoms with Crippen molar-refractivity contribution in [2.75, 3.05) is 0 Å². The fraction of sp³-hybridized carbons (Fsp3) is 0.571. The van der Waals surface area contributed by atoms with Crippen LogP contribution < -0.4 is 0 Å². The molecular formula is C14H21O. The molecular weight excluding hydrogens is 184 g/mol. The lowest BCUT2D eigenvalue weighted by atomic mass is 9.90. The van der Waals surface area contributed by atoms with Crippen LogP contribution in [0.5, 0.6) is 0 Å². The maximum atomic E-state index is 12.0. The van der Waals surface area contributed by atoms with Gasteiger partial charge in [-0.1, -0.05) is 44.2 Å². The third kappa shape index (κ3) is 4.05. The van der Waals surface area contributed by atoms with Crippen molar-refractivity contribution in [3.8, 4) is 0 Å². The second-order valence-electron chi connectivity index (χ2n) is 4.23. The maximum Gasteiger partial charge on any atom is 0.103 e. The zero-order valence-electron chi connectivity index (χ0n) is 9.83. The summed E-state index contributed by atoms with van der Waals surface area (Å²) >= 11 is 0. The molecule has 1 aromatic rings. The lowest BCUT2D eigenvalue weighted by Gasteiger charge is -2.21. The summed E-state index contributed by atoms with van der Waals surface area (Å²) in [6.45, 7) is 4.00. The molecule has 0 fully saturated rings. The van der Waals surface area contributed by atoms with E-state index < -0.39 is 5.60 Å². The largest absolute Gasteiger partial charge is 0.230 e. The average Bonchev–Trinajstić information content (AvgIpc) is 2.30. The Morgan fingerprint density at radius 3 is 2.20 bits per heavy atom. The minimum atomic E-state index is -0.686. The zero-order chi connectivity index (χ0) is 11.1. The summed E-state index contributed by atoms with van der Waals surface area (Å²) in [5, 5.41) is 12.0. The normalized spacial score (nSPS) is 11.7. The van der Waals surface area contributed by atoms with E-state index in [4.69, 9.17) is 0 Å². The van der Waals surface area contributed by atoms with Gasteiger partial charge in [0.05, 0.1) is 0 Å². The number of aryl methyl sites for hydroxylation is 1. The van der Waals surface area contributed by atoms with Gasteiger partial charge in [0, 0.05) is 0 Å². The Morgan fingerprint density at radius 1 is 1.07 bits per heavy atom. The van der Waals surface area contributed by atoms with E-state index in [2.05, 4.69) is 24.3 Å². The fourth-order valence-corrected chi connectivity index (χ4v) is 1.86. The lowest BCUT2D eigenvalue weighted by molar-refractivity contribution is -0.0444. The molecule has 0 unspecified atom stereocenters. The summed E-state index contributed by atoms with van der Waals surface area (Å²) < 4.78 is 0. The summed E-state index contributed by atoms with van der Waals surface area (Å²) in [6.07, 6.45) is 4.34.